The Kier molecular flexibility index (Phi) is 3.85. The fourth-order valence-corrected chi connectivity index (χ4v) is 2.97. The predicted octanol–water partition coefficient (Wildman–Crippen LogP) is 0.604. The normalized spacial score (nSPS) is 36.2. The first kappa shape index (κ1) is 12.3. The van der Waals surface area contributed by atoms with Gasteiger partial charge in [-0.25, -0.2) is 0 Å². The highest BCUT2D eigenvalue weighted by molar-refractivity contribution is 4.96. The number of ether oxygens (including phenoxy) is 2. The Morgan fingerprint density at radius 2 is 1.75 bits per heavy atom. The van der Waals surface area contributed by atoms with E-state index in [0.29, 0.717) is 12.2 Å². The van der Waals surface area contributed by atoms with Crippen molar-refractivity contribution >= 4 is 0 Å². The van der Waals surface area contributed by atoms with Crippen LogP contribution in [0.3, 0.4) is 0 Å². The maximum atomic E-state index is 6.02. The van der Waals surface area contributed by atoms with Crippen molar-refractivity contribution in [2.75, 3.05) is 32.8 Å². The molecule has 2 saturated heterocycles. The Bertz CT molecular complexity index is 219. The van der Waals surface area contributed by atoms with Gasteiger partial charge < -0.3 is 15.2 Å². The molecule has 4 nitrogen and oxygen atoms in total. The second kappa shape index (κ2) is 5.00. The molecule has 0 aliphatic carbocycles. The Morgan fingerprint density at radius 3 is 2.25 bits per heavy atom. The molecule has 0 amide bonds. The summed E-state index contributed by atoms with van der Waals surface area (Å²) < 4.78 is 11.2. The molecule has 4 heteroatoms. The molecule has 16 heavy (non-hydrogen) atoms. The van der Waals surface area contributed by atoms with Crippen molar-refractivity contribution in [3.8, 4) is 0 Å². The van der Waals surface area contributed by atoms with Gasteiger partial charge in [-0.2, -0.15) is 0 Å². The van der Waals surface area contributed by atoms with E-state index < -0.39 is 0 Å². The lowest BCUT2D eigenvalue weighted by molar-refractivity contribution is -0.121. The lowest BCUT2D eigenvalue weighted by atomic mass is 9.87. The minimum Gasteiger partial charge on any atom is -0.381 e. The van der Waals surface area contributed by atoms with Gasteiger partial charge in [-0.05, 0) is 26.7 Å². The molecule has 0 aromatic heterocycles. The number of rotatable bonds is 2. The molecule has 2 rings (SSSR count). The zero-order valence-corrected chi connectivity index (χ0v) is 10.4. The summed E-state index contributed by atoms with van der Waals surface area (Å²) in [7, 11) is 0. The van der Waals surface area contributed by atoms with Gasteiger partial charge in [-0.3, -0.25) is 4.90 Å². The van der Waals surface area contributed by atoms with Crippen LogP contribution in [0.4, 0.5) is 0 Å². The van der Waals surface area contributed by atoms with Crippen LogP contribution >= 0.6 is 0 Å². The molecule has 0 saturated carbocycles. The molecule has 0 spiro atoms. The van der Waals surface area contributed by atoms with Gasteiger partial charge in [-0.1, -0.05) is 0 Å². The topological polar surface area (TPSA) is 47.7 Å². The van der Waals surface area contributed by atoms with Crippen molar-refractivity contribution in [2.45, 2.75) is 44.4 Å². The van der Waals surface area contributed by atoms with E-state index in [0.717, 1.165) is 45.7 Å². The van der Waals surface area contributed by atoms with Crippen molar-refractivity contribution in [2.24, 2.45) is 5.73 Å². The van der Waals surface area contributed by atoms with E-state index in [9.17, 15) is 0 Å². The van der Waals surface area contributed by atoms with Gasteiger partial charge in [0.15, 0.2) is 0 Å². The van der Waals surface area contributed by atoms with Crippen LogP contribution in [-0.4, -0.2) is 55.5 Å². The third-order valence-electron chi connectivity index (χ3n) is 3.89. The number of nitrogens with two attached hydrogens (primary N) is 1. The van der Waals surface area contributed by atoms with Crippen LogP contribution in [0.15, 0.2) is 0 Å². The summed E-state index contributed by atoms with van der Waals surface area (Å²) in [5.74, 6) is 0. The monoisotopic (exact) mass is 228 g/mol. The molecule has 0 radical (unpaired) electrons. The van der Waals surface area contributed by atoms with E-state index in [1.165, 1.54) is 0 Å². The predicted molar refractivity (Wildman–Crippen MR) is 63.4 cm³/mol. The smallest absolute Gasteiger partial charge is 0.0678 e. The first-order valence-corrected chi connectivity index (χ1v) is 6.34. The molecule has 2 aliphatic heterocycles. The lowest BCUT2D eigenvalue weighted by Gasteiger charge is -2.50. The summed E-state index contributed by atoms with van der Waals surface area (Å²) in [6.07, 6.45) is 2.75. The van der Waals surface area contributed by atoms with Crippen LogP contribution in [-0.2, 0) is 9.47 Å². The third-order valence-corrected chi connectivity index (χ3v) is 3.89. The Hall–Kier alpha value is -0.160. The number of hydrogen-bond acceptors (Lipinski definition) is 4. The van der Waals surface area contributed by atoms with Gasteiger partial charge in [0.2, 0.25) is 0 Å². The standard InChI is InChI=1S/C12H24N2O2/c1-10-7-14(8-11(2)16-10)12(9-13)3-5-15-6-4-12/h10-11H,3-9,13H2,1-2H3/t10-,11+. The van der Waals surface area contributed by atoms with E-state index >= 15 is 0 Å². The van der Waals surface area contributed by atoms with Crippen LogP contribution < -0.4 is 5.73 Å². The summed E-state index contributed by atoms with van der Waals surface area (Å²) >= 11 is 0. The fourth-order valence-electron chi connectivity index (χ4n) is 2.97. The van der Waals surface area contributed by atoms with E-state index in [4.69, 9.17) is 15.2 Å². The molecule has 0 unspecified atom stereocenters. The van der Waals surface area contributed by atoms with Crippen LogP contribution in [0.1, 0.15) is 26.7 Å². The van der Waals surface area contributed by atoms with Gasteiger partial charge >= 0.3 is 0 Å². The van der Waals surface area contributed by atoms with Crippen LogP contribution in [0.5, 0.6) is 0 Å². The molecule has 2 aliphatic rings. The van der Waals surface area contributed by atoms with Gasteiger partial charge in [0, 0.05) is 38.4 Å². The Balaban J connectivity index is 2.07. The molecule has 2 atom stereocenters. The Morgan fingerprint density at radius 1 is 1.19 bits per heavy atom. The fraction of sp³-hybridized carbons (Fsp3) is 1.00. The summed E-state index contributed by atoms with van der Waals surface area (Å²) in [4.78, 5) is 2.54. The van der Waals surface area contributed by atoms with E-state index in [1.807, 2.05) is 0 Å². The second-order valence-electron chi connectivity index (χ2n) is 5.20. The van der Waals surface area contributed by atoms with Crippen molar-refractivity contribution in [3.05, 3.63) is 0 Å². The largest absolute Gasteiger partial charge is 0.381 e. The highest BCUT2D eigenvalue weighted by Crippen LogP contribution is 2.29. The molecule has 2 N–H and O–H groups in total. The maximum absolute atomic E-state index is 6.02. The first-order chi connectivity index (χ1) is 7.66. The first-order valence-electron chi connectivity index (χ1n) is 6.34. The highest BCUT2D eigenvalue weighted by atomic mass is 16.5. The summed E-state index contributed by atoms with van der Waals surface area (Å²) in [5.41, 5.74) is 6.18. The van der Waals surface area contributed by atoms with Gasteiger partial charge in [0.05, 0.1) is 12.2 Å². The van der Waals surface area contributed by atoms with Crippen molar-refractivity contribution in [1.29, 1.82) is 0 Å². The van der Waals surface area contributed by atoms with Gasteiger partial charge in [0.1, 0.15) is 0 Å². The Labute approximate surface area is 98.1 Å². The van der Waals surface area contributed by atoms with Crippen LogP contribution in [0.25, 0.3) is 0 Å². The van der Waals surface area contributed by atoms with Crippen molar-refractivity contribution < 1.29 is 9.47 Å². The molecule has 2 fully saturated rings. The van der Waals surface area contributed by atoms with E-state index in [1.54, 1.807) is 0 Å². The zero-order chi connectivity index (χ0) is 11.6. The number of hydrogen-bond donors (Lipinski definition) is 1. The molecular formula is C12H24N2O2. The average molecular weight is 228 g/mol. The SMILES string of the molecule is C[C@@H]1CN(C2(CN)CCOCC2)C[C@H](C)O1. The second-order valence-corrected chi connectivity index (χ2v) is 5.20. The lowest BCUT2D eigenvalue weighted by Crippen LogP contribution is -2.62. The summed E-state index contributed by atoms with van der Waals surface area (Å²) in [6.45, 7) is 8.71. The molecule has 0 bridgehead atoms. The maximum Gasteiger partial charge on any atom is 0.0678 e. The van der Waals surface area contributed by atoms with Crippen LogP contribution in [0, 0.1) is 0 Å². The van der Waals surface area contributed by atoms with Gasteiger partial charge in [0.25, 0.3) is 0 Å². The molecule has 0 aromatic carbocycles. The number of nitrogens with zero attached hydrogens (tertiary/aromatic N) is 1. The van der Waals surface area contributed by atoms with Crippen molar-refractivity contribution in [3.63, 3.8) is 0 Å². The molecular weight excluding hydrogens is 204 g/mol. The quantitative estimate of drug-likeness (QED) is 0.752. The minimum atomic E-state index is 0.157. The highest BCUT2D eigenvalue weighted by Gasteiger charge is 2.40. The summed E-state index contributed by atoms with van der Waals surface area (Å²) in [6, 6.07) is 0. The summed E-state index contributed by atoms with van der Waals surface area (Å²) in [5, 5.41) is 0. The van der Waals surface area contributed by atoms with Crippen LogP contribution in [0.2, 0.25) is 0 Å². The zero-order valence-electron chi connectivity index (χ0n) is 10.4. The van der Waals surface area contributed by atoms with E-state index in [-0.39, 0.29) is 5.54 Å². The molecule has 2 heterocycles. The third kappa shape index (κ3) is 2.40. The minimum absolute atomic E-state index is 0.157. The molecule has 94 valence electrons. The van der Waals surface area contributed by atoms with Gasteiger partial charge in [-0.15, -0.1) is 0 Å². The molecule has 0 aromatic rings. The number of morpholine rings is 1. The van der Waals surface area contributed by atoms with Crippen molar-refractivity contribution in [1.82, 2.24) is 4.90 Å². The van der Waals surface area contributed by atoms with E-state index in [2.05, 4.69) is 18.7 Å². The average Bonchev–Trinajstić information content (AvgIpc) is 2.28.